The van der Waals surface area contributed by atoms with Gasteiger partial charge in [-0.15, -0.1) is 0 Å². The van der Waals surface area contributed by atoms with E-state index < -0.39 is 5.60 Å². The minimum Gasteiger partial charge on any atom is -0.393 e. The van der Waals surface area contributed by atoms with Crippen molar-refractivity contribution < 1.29 is 10.2 Å². The van der Waals surface area contributed by atoms with Crippen molar-refractivity contribution in [3.05, 3.63) is 0 Å². The molecule has 6 atom stereocenters. The van der Waals surface area contributed by atoms with Gasteiger partial charge in [0.2, 0.25) is 0 Å². The summed E-state index contributed by atoms with van der Waals surface area (Å²) in [5.74, 6) is 1.41. The van der Waals surface area contributed by atoms with Crippen LogP contribution in [0.3, 0.4) is 0 Å². The molecule has 98 valence electrons. The Labute approximate surface area is 104 Å². The number of fused-ring (bicyclic) bond motifs is 1. The van der Waals surface area contributed by atoms with Crippen LogP contribution in [0.15, 0.2) is 0 Å². The Kier molecular flexibility index (Phi) is 2.17. The first-order valence-electron chi connectivity index (χ1n) is 7.12. The third-order valence-corrected chi connectivity index (χ3v) is 6.88. The van der Waals surface area contributed by atoms with Gasteiger partial charge in [-0.2, -0.15) is 0 Å². The van der Waals surface area contributed by atoms with Gasteiger partial charge < -0.3 is 10.2 Å². The second kappa shape index (κ2) is 3.08. The van der Waals surface area contributed by atoms with Crippen molar-refractivity contribution in [1.29, 1.82) is 0 Å². The first-order valence-corrected chi connectivity index (χ1v) is 7.12. The predicted octanol–water partition coefficient (Wildman–Crippen LogP) is 2.58. The third kappa shape index (κ3) is 1.24. The molecule has 3 aliphatic rings. The summed E-state index contributed by atoms with van der Waals surface area (Å²) in [6.45, 7) is 8.88. The van der Waals surface area contributed by atoms with E-state index >= 15 is 0 Å². The molecule has 0 aliphatic heterocycles. The molecule has 3 fully saturated rings. The Morgan fingerprint density at radius 1 is 1.06 bits per heavy atom. The number of rotatable bonds is 0. The van der Waals surface area contributed by atoms with E-state index in [2.05, 4.69) is 20.8 Å². The van der Waals surface area contributed by atoms with Crippen LogP contribution in [0.25, 0.3) is 0 Å². The van der Waals surface area contributed by atoms with Gasteiger partial charge >= 0.3 is 0 Å². The van der Waals surface area contributed by atoms with Crippen LogP contribution in [0.5, 0.6) is 0 Å². The van der Waals surface area contributed by atoms with Crippen LogP contribution in [-0.2, 0) is 0 Å². The van der Waals surface area contributed by atoms with Gasteiger partial charge in [0.15, 0.2) is 0 Å². The fourth-order valence-corrected chi connectivity index (χ4v) is 5.82. The van der Waals surface area contributed by atoms with Crippen molar-refractivity contribution in [2.24, 2.45) is 28.6 Å². The summed E-state index contributed by atoms with van der Waals surface area (Å²) < 4.78 is 0. The minimum absolute atomic E-state index is 0.122. The molecule has 0 aromatic carbocycles. The van der Waals surface area contributed by atoms with Crippen LogP contribution in [0.4, 0.5) is 0 Å². The van der Waals surface area contributed by atoms with Gasteiger partial charge in [0.05, 0.1) is 11.7 Å². The zero-order valence-electron chi connectivity index (χ0n) is 11.5. The Bertz CT molecular complexity index is 347. The van der Waals surface area contributed by atoms with Gasteiger partial charge in [-0.25, -0.2) is 0 Å². The average molecular weight is 238 g/mol. The van der Waals surface area contributed by atoms with Gasteiger partial charge in [0.25, 0.3) is 0 Å². The van der Waals surface area contributed by atoms with Crippen molar-refractivity contribution in [3.8, 4) is 0 Å². The van der Waals surface area contributed by atoms with Crippen molar-refractivity contribution in [1.82, 2.24) is 0 Å². The quantitative estimate of drug-likeness (QED) is 0.681. The van der Waals surface area contributed by atoms with Crippen molar-refractivity contribution in [2.75, 3.05) is 0 Å². The molecule has 0 amide bonds. The molecule has 0 heterocycles. The van der Waals surface area contributed by atoms with E-state index in [0.29, 0.717) is 23.2 Å². The number of aliphatic hydroxyl groups is 2. The van der Waals surface area contributed by atoms with E-state index in [1.54, 1.807) is 0 Å². The Morgan fingerprint density at radius 2 is 1.71 bits per heavy atom. The summed E-state index contributed by atoms with van der Waals surface area (Å²) in [6, 6.07) is 0. The minimum atomic E-state index is -0.496. The van der Waals surface area contributed by atoms with E-state index in [1.807, 2.05) is 6.92 Å². The predicted molar refractivity (Wildman–Crippen MR) is 67.5 cm³/mol. The number of hydrogen-bond donors (Lipinski definition) is 2. The maximum atomic E-state index is 10.6. The van der Waals surface area contributed by atoms with Crippen LogP contribution >= 0.6 is 0 Å². The molecule has 17 heavy (non-hydrogen) atoms. The molecule has 2 N–H and O–H groups in total. The van der Waals surface area contributed by atoms with E-state index in [1.165, 1.54) is 0 Å². The molecule has 3 saturated carbocycles. The average Bonchev–Trinajstić information content (AvgIpc) is 2.58. The molecule has 1 spiro atoms. The highest BCUT2D eigenvalue weighted by molar-refractivity contribution is 5.18. The smallest absolute Gasteiger partial charge is 0.0653 e. The lowest BCUT2D eigenvalue weighted by Crippen LogP contribution is -2.45. The van der Waals surface area contributed by atoms with Gasteiger partial charge in [-0.3, -0.25) is 0 Å². The summed E-state index contributed by atoms with van der Waals surface area (Å²) in [7, 11) is 0. The molecule has 3 rings (SSSR count). The summed E-state index contributed by atoms with van der Waals surface area (Å²) in [5, 5.41) is 20.8. The van der Waals surface area contributed by atoms with Gasteiger partial charge in [0.1, 0.15) is 0 Å². The van der Waals surface area contributed by atoms with E-state index in [0.717, 1.165) is 25.7 Å². The summed E-state index contributed by atoms with van der Waals surface area (Å²) in [6.07, 6.45) is 3.96. The molecule has 0 aromatic rings. The second-order valence-electron chi connectivity index (χ2n) is 7.81. The highest BCUT2D eigenvalue weighted by Gasteiger charge is 2.69. The van der Waals surface area contributed by atoms with Crippen LogP contribution in [-0.4, -0.2) is 21.9 Å². The summed E-state index contributed by atoms with van der Waals surface area (Å²) in [5.41, 5.74) is -0.00861. The maximum absolute atomic E-state index is 10.6. The SMILES string of the molecule is C[C@@H]1[C@@H](O)CC2C(C)(C)[C@H]3C[C@]21CC[C@@]3(C)O. The van der Waals surface area contributed by atoms with Crippen LogP contribution < -0.4 is 0 Å². The fraction of sp³-hybridized carbons (Fsp3) is 1.00. The van der Waals surface area contributed by atoms with Crippen molar-refractivity contribution >= 4 is 0 Å². The number of aliphatic hydroxyl groups excluding tert-OH is 1. The van der Waals surface area contributed by atoms with Crippen LogP contribution in [0.1, 0.15) is 53.4 Å². The second-order valence-corrected chi connectivity index (χ2v) is 7.81. The molecule has 1 unspecified atom stereocenters. The van der Waals surface area contributed by atoms with E-state index in [4.69, 9.17) is 0 Å². The fourth-order valence-electron chi connectivity index (χ4n) is 5.82. The lowest BCUT2D eigenvalue weighted by atomic mass is 9.64. The topological polar surface area (TPSA) is 40.5 Å². The largest absolute Gasteiger partial charge is 0.393 e. The standard InChI is InChI=1S/C15H26O2/c1-9-10(16)7-11-13(2,3)12-8-15(9,11)6-5-14(12,4)17/h9-12,16-17H,5-8H2,1-4H3/t9-,10+,11?,12-,14-,15+/m1/s1. The Hall–Kier alpha value is -0.0800. The third-order valence-electron chi connectivity index (χ3n) is 6.88. The monoisotopic (exact) mass is 238 g/mol. The first kappa shape index (κ1) is 12.0. The molecule has 3 aliphatic carbocycles. The molecule has 2 heteroatoms. The Morgan fingerprint density at radius 3 is 2.35 bits per heavy atom. The van der Waals surface area contributed by atoms with Crippen LogP contribution in [0.2, 0.25) is 0 Å². The van der Waals surface area contributed by atoms with Gasteiger partial charge in [-0.05, 0) is 61.2 Å². The zero-order chi connectivity index (χ0) is 12.6. The highest BCUT2D eigenvalue weighted by Crippen LogP contribution is 2.73. The van der Waals surface area contributed by atoms with Gasteiger partial charge in [0, 0.05) is 0 Å². The summed E-state index contributed by atoms with van der Waals surface area (Å²) in [4.78, 5) is 0. The molecule has 2 bridgehead atoms. The van der Waals surface area contributed by atoms with E-state index in [-0.39, 0.29) is 11.5 Å². The molecular weight excluding hydrogens is 212 g/mol. The highest BCUT2D eigenvalue weighted by atomic mass is 16.3. The lowest BCUT2D eigenvalue weighted by molar-refractivity contribution is -0.0790. The zero-order valence-corrected chi connectivity index (χ0v) is 11.5. The van der Waals surface area contributed by atoms with Crippen molar-refractivity contribution in [3.63, 3.8) is 0 Å². The maximum Gasteiger partial charge on any atom is 0.0653 e. The normalized spacial score (nSPS) is 60.4. The first-order chi connectivity index (χ1) is 7.72. The Balaban J connectivity index is 2.07. The van der Waals surface area contributed by atoms with Gasteiger partial charge in [-0.1, -0.05) is 20.8 Å². The molecule has 0 saturated heterocycles. The lowest BCUT2D eigenvalue weighted by Gasteiger charge is -2.44. The molecule has 0 aromatic heterocycles. The number of hydrogen-bond acceptors (Lipinski definition) is 2. The van der Waals surface area contributed by atoms with E-state index in [9.17, 15) is 10.2 Å². The van der Waals surface area contributed by atoms with Crippen molar-refractivity contribution in [2.45, 2.75) is 65.1 Å². The molecule has 2 nitrogen and oxygen atoms in total. The van der Waals surface area contributed by atoms with Crippen LogP contribution in [0, 0.1) is 28.6 Å². The molecule has 0 radical (unpaired) electrons. The molecular formula is C15H26O2. The summed E-state index contributed by atoms with van der Waals surface area (Å²) >= 11 is 0.